The molecule has 2 aromatic carbocycles. The lowest BCUT2D eigenvalue weighted by molar-refractivity contribution is -0.133. The van der Waals surface area contributed by atoms with Crippen molar-refractivity contribution in [1.82, 2.24) is 14.1 Å². The van der Waals surface area contributed by atoms with Crippen molar-refractivity contribution in [2.45, 2.75) is 31.9 Å². The maximum absolute atomic E-state index is 13.2. The third kappa shape index (κ3) is 6.30. The number of anilines is 2. The van der Waals surface area contributed by atoms with Crippen LogP contribution in [0.2, 0.25) is 0 Å². The van der Waals surface area contributed by atoms with Gasteiger partial charge in [0.05, 0.1) is 11.8 Å². The van der Waals surface area contributed by atoms with E-state index in [0.29, 0.717) is 75.8 Å². The fourth-order valence-corrected chi connectivity index (χ4v) is 7.93. The Hall–Kier alpha value is -3.41. The first-order chi connectivity index (χ1) is 20.8. The first-order valence-electron chi connectivity index (χ1n) is 15.4. The lowest BCUT2D eigenvalue weighted by Crippen LogP contribution is -2.54. The van der Waals surface area contributed by atoms with Crippen molar-refractivity contribution in [3.05, 3.63) is 59.9 Å². The molecule has 10 nitrogen and oxygen atoms in total. The highest BCUT2D eigenvalue weighted by molar-refractivity contribution is 7.90. The summed E-state index contributed by atoms with van der Waals surface area (Å²) in [5.41, 5.74) is 3.38. The number of sulfonamides is 1. The molecule has 1 saturated carbocycles. The second-order valence-corrected chi connectivity index (χ2v) is 13.9. The molecule has 0 N–H and O–H groups in total. The first-order valence-corrected chi connectivity index (χ1v) is 16.9. The van der Waals surface area contributed by atoms with Gasteiger partial charge in [0.1, 0.15) is 5.58 Å². The number of amides is 1. The summed E-state index contributed by atoms with van der Waals surface area (Å²) in [4.78, 5) is 34.6. The largest absolute Gasteiger partial charge is 0.452 e. The van der Waals surface area contributed by atoms with Crippen LogP contribution >= 0.6 is 0 Å². The van der Waals surface area contributed by atoms with Crippen LogP contribution in [-0.4, -0.2) is 111 Å². The number of nitrogens with zero attached hydrogens (tertiary/aromatic N) is 5. The van der Waals surface area contributed by atoms with Crippen LogP contribution in [0, 0.1) is 0 Å². The maximum atomic E-state index is 13.2. The van der Waals surface area contributed by atoms with Gasteiger partial charge in [-0.05, 0) is 69.2 Å². The molecule has 1 aliphatic carbocycles. The predicted molar refractivity (Wildman–Crippen MR) is 168 cm³/mol. The van der Waals surface area contributed by atoms with E-state index < -0.39 is 10.0 Å². The molecule has 6 rings (SSSR count). The van der Waals surface area contributed by atoms with Gasteiger partial charge in [-0.2, -0.15) is 4.31 Å². The molecule has 3 heterocycles. The zero-order valence-corrected chi connectivity index (χ0v) is 25.9. The molecule has 2 saturated heterocycles. The van der Waals surface area contributed by atoms with Gasteiger partial charge in [-0.1, -0.05) is 0 Å². The monoisotopic (exact) mass is 607 g/mol. The third-order valence-corrected chi connectivity index (χ3v) is 11.4. The van der Waals surface area contributed by atoms with Crippen LogP contribution in [-0.2, 0) is 14.8 Å². The molecule has 3 aromatic rings. The standard InChI is InChI=1S/C32H41N5O5S/c1-3-34(4-2)27-10-7-25-21-30(42-29(25)22-27)32(39)24-5-8-26(9-6-24)35-15-17-36(18-16-35)31(38)23-33-13-19-37(20-14-33)43(40,41)28-11-12-28/h5-10,21-22,28H,3-4,11-20,23H2,1-2H3. The molecule has 2 aliphatic heterocycles. The van der Waals surface area contributed by atoms with E-state index in [2.05, 4.69) is 34.6 Å². The van der Waals surface area contributed by atoms with E-state index in [1.54, 1.807) is 4.31 Å². The van der Waals surface area contributed by atoms with Crippen molar-refractivity contribution >= 4 is 44.1 Å². The Morgan fingerprint density at radius 2 is 1.53 bits per heavy atom. The number of rotatable bonds is 10. The van der Waals surface area contributed by atoms with Crippen LogP contribution in [0.4, 0.5) is 11.4 Å². The Labute approximate surface area is 253 Å². The number of carbonyl (C=O) groups is 2. The van der Waals surface area contributed by atoms with E-state index in [4.69, 9.17) is 4.42 Å². The minimum atomic E-state index is -3.15. The van der Waals surface area contributed by atoms with E-state index in [1.807, 2.05) is 47.4 Å². The summed E-state index contributed by atoms with van der Waals surface area (Å²) in [6, 6.07) is 15.5. The average Bonchev–Trinajstić information content (AvgIpc) is 3.82. The molecular weight excluding hydrogens is 566 g/mol. The van der Waals surface area contributed by atoms with E-state index in [1.165, 1.54) is 0 Å². The van der Waals surface area contributed by atoms with E-state index >= 15 is 0 Å². The van der Waals surface area contributed by atoms with Crippen molar-refractivity contribution in [1.29, 1.82) is 0 Å². The first kappa shape index (κ1) is 29.7. The molecule has 0 spiro atoms. The summed E-state index contributed by atoms with van der Waals surface area (Å²) >= 11 is 0. The van der Waals surface area contributed by atoms with Gasteiger partial charge in [-0.25, -0.2) is 8.42 Å². The van der Waals surface area contributed by atoms with Crippen molar-refractivity contribution < 1.29 is 22.4 Å². The van der Waals surface area contributed by atoms with Crippen molar-refractivity contribution in [2.24, 2.45) is 0 Å². The Balaban J connectivity index is 0.999. The predicted octanol–water partition coefficient (Wildman–Crippen LogP) is 3.27. The molecule has 0 bridgehead atoms. The van der Waals surface area contributed by atoms with E-state index in [9.17, 15) is 18.0 Å². The highest BCUT2D eigenvalue weighted by Crippen LogP contribution is 2.31. The molecule has 43 heavy (non-hydrogen) atoms. The average molecular weight is 608 g/mol. The van der Waals surface area contributed by atoms with Gasteiger partial charge < -0.3 is 19.1 Å². The van der Waals surface area contributed by atoms with Crippen LogP contribution < -0.4 is 9.80 Å². The summed E-state index contributed by atoms with van der Waals surface area (Å²) in [7, 11) is -3.15. The highest BCUT2D eigenvalue weighted by atomic mass is 32.2. The molecule has 3 aliphatic rings. The number of carbonyl (C=O) groups excluding carboxylic acids is 2. The van der Waals surface area contributed by atoms with E-state index in [0.717, 1.165) is 42.7 Å². The van der Waals surface area contributed by atoms with E-state index in [-0.39, 0.29) is 16.9 Å². The number of hydrogen-bond donors (Lipinski definition) is 0. The smallest absolute Gasteiger partial charge is 0.236 e. The summed E-state index contributed by atoms with van der Waals surface area (Å²) in [5.74, 6) is 0.278. The molecule has 0 atom stereocenters. The molecule has 1 amide bonds. The minimum absolute atomic E-state index is 0.0918. The Morgan fingerprint density at radius 3 is 2.16 bits per heavy atom. The molecule has 0 radical (unpaired) electrons. The lowest BCUT2D eigenvalue weighted by Gasteiger charge is -2.38. The van der Waals surface area contributed by atoms with Gasteiger partial charge in [-0.15, -0.1) is 0 Å². The highest BCUT2D eigenvalue weighted by Gasteiger charge is 2.41. The summed E-state index contributed by atoms with van der Waals surface area (Å²) in [6.07, 6.45) is 1.55. The van der Waals surface area contributed by atoms with Crippen molar-refractivity contribution in [2.75, 3.05) is 81.8 Å². The second kappa shape index (κ2) is 12.3. The van der Waals surface area contributed by atoms with Crippen LogP contribution in [0.15, 0.2) is 52.9 Å². The molecule has 3 fully saturated rings. The molecule has 11 heteroatoms. The van der Waals surface area contributed by atoms with Crippen LogP contribution in [0.1, 0.15) is 42.8 Å². The molecule has 230 valence electrons. The van der Waals surface area contributed by atoms with Crippen LogP contribution in [0.25, 0.3) is 11.0 Å². The summed E-state index contributed by atoms with van der Waals surface area (Å²) in [5, 5.41) is 0.726. The van der Waals surface area contributed by atoms with Gasteiger partial charge in [0, 0.05) is 93.8 Å². The van der Waals surface area contributed by atoms with Crippen LogP contribution in [0.3, 0.4) is 0 Å². The number of furan rings is 1. The SMILES string of the molecule is CCN(CC)c1ccc2cc(C(=O)c3ccc(N4CCN(C(=O)CN5CCN(S(=O)(=O)C6CC6)CC5)CC4)cc3)oc2c1. The molecule has 1 aromatic heterocycles. The summed E-state index contributed by atoms with van der Waals surface area (Å²) in [6.45, 7) is 11.2. The number of fused-ring (bicyclic) bond motifs is 1. The number of hydrogen-bond acceptors (Lipinski definition) is 8. The topological polar surface area (TPSA) is 97.6 Å². The number of piperazine rings is 2. The lowest BCUT2D eigenvalue weighted by atomic mass is 10.1. The number of ketones is 1. The zero-order chi connectivity index (χ0) is 30.1. The second-order valence-electron chi connectivity index (χ2n) is 11.7. The van der Waals surface area contributed by atoms with Gasteiger partial charge in [0.25, 0.3) is 0 Å². The van der Waals surface area contributed by atoms with Crippen molar-refractivity contribution in [3.8, 4) is 0 Å². The fourth-order valence-electron chi connectivity index (χ4n) is 6.11. The van der Waals surface area contributed by atoms with Gasteiger partial charge in [0.2, 0.25) is 21.7 Å². The Morgan fingerprint density at radius 1 is 0.860 bits per heavy atom. The Kier molecular flexibility index (Phi) is 8.48. The molecule has 0 unspecified atom stereocenters. The maximum Gasteiger partial charge on any atom is 0.236 e. The quantitative estimate of drug-likeness (QED) is 0.324. The zero-order valence-electron chi connectivity index (χ0n) is 25.1. The number of benzene rings is 2. The normalized spacial score (nSPS) is 18.7. The fraction of sp³-hybridized carbons (Fsp3) is 0.500. The van der Waals surface area contributed by atoms with Gasteiger partial charge >= 0.3 is 0 Å². The van der Waals surface area contributed by atoms with Crippen LogP contribution in [0.5, 0.6) is 0 Å². The van der Waals surface area contributed by atoms with Gasteiger partial charge in [-0.3, -0.25) is 14.5 Å². The Bertz CT molecular complexity index is 1560. The third-order valence-electron chi connectivity index (χ3n) is 8.98. The summed E-state index contributed by atoms with van der Waals surface area (Å²) < 4.78 is 32.5. The van der Waals surface area contributed by atoms with Gasteiger partial charge in [0.15, 0.2) is 5.76 Å². The van der Waals surface area contributed by atoms with Crippen molar-refractivity contribution in [3.63, 3.8) is 0 Å². The molecular formula is C32H41N5O5S. The minimum Gasteiger partial charge on any atom is -0.452 e.